The van der Waals surface area contributed by atoms with Crippen molar-refractivity contribution < 1.29 is 5.11 Å². The Bertz CT molecular complexity index is 347. The van der Waals surface area contributed by atoms with E-state index in [-0.39, 0.29) is 0 Å². The summed E-state index contributed by atoms with van der Waals surface area (Å²) in [5.74, 6) is 1.73. The van der Waals surface area contributed by atoms with Crippen LogP contribution in [0.5, 0.6) is 0 Å². The first-order valence-corrected chi connectivity index (χ1v) is 5.93. The summed E-state index contributed by atoms with van der Waals surface area (Å²) in [5.41, 5.74) is 1.86. The lowest BCUT2D eigenvalue weighted by Gasteiger charge is -2.19. The molecule has 3 nitrogen and oxygen atoms in total. The van der Waals surface area contributed by atoms with E-state index >= 15 is 0 Å². The van der Waals surface area contributed by atoms with Gasteiger partial charge in [-0.2, -0.15) is 0 Å². The average Bonchev–Trinajstić information content (AvgIpc) is 2.94. The van der Waals surface area contributed by atoms with Gasteiger partial charge in [0.05, 0.1) is 23.7 Å². The van der Waals surface area contributed by atoms with Crippen LogP contribution in [0.25, 0.3) is 0 Å². The van der Waals surface area contributed by atoms with Crippen molar-refractivity contribution in [1.82, 2.24) is 4.98 Å². The maximum Gasteiger partial charge on any atom is 0.0931 e. The summed E-state index contributed by atoms with van der Waals surface area (Å²) in [6.07, 6.45) is 2.71. The number of pyridine rings is 1. The van der Waals surface area contributed by atoms with Gasteiger partial charge in [-0.1, -0.05) is 6.92 Å². The second-order valence-corrected chi connectivity index (χ2v) is 4.97. The van der Waals surface area contributed by atoms with Crippen molar-refractivity contribution in [3.8, 4) is 0 Å². The molecule has 1 heterocycles. The van der Waals surface area contributed by atoms with Crippen LogP contribution in [-0.4, -0.2) is 23.7 Å². The first-order valence-electron chi connectivity index (χ1n) is 5.93. The van der Waals surface area contributed by atoms with Gasteiger partial charge in [0.1, 0.15) is 0 Å². The van der Waals surface area contributed by atoms with E-state index in [0.717, 1.165) is 29.8 Å². The molecule has 3 heteroatoms. The lowest BCUT2D eigenvalue weighted by molar-refractivity contribution is 0.194. The fourth-order valence-electron chi connectivity index (χ4n) is 1.98. The van der Waals surface area contributed by atoms with Crippen LogP contribution in [-0.2, 0) is 0 Å². The predicted octanol–water partition coefficient (Wildman–Crippen LogP) is 2.23. The van der Waals surface area contributed by atoms with Crippen LogP contribution in [0.1, 0.15) is 32.1 Å². The zero-order valence-electron chi connectivity index (χ0n) is 10.2. The molecule has 16 heavy (non-hydrogen) atoms. The Hall–Kier alpha value is -1.09. The first-order chi connectivity index (χ1) is 7.58. The normalized spacial score (nSPS) is 25.2. The summed E-state index contributed by atoms with van der Waals surface area (Å²) in [7, 11) is 2.10. The molecule has 0 bridgehead atoms. The largest absolute Gasteiger partial charge is 0.387 e. The second-order valence-electron chi connectivity index (χ2n) is 4.97. The van der Waals surface area contributed by atoms with Gasteiger partial charge < -0.3 is 10.0 Å². The summed E-state index contributed by atoms with van der Waals surface area (Å²) in [5, 5.41) is 9.37. The molecule has 1 aliphatic carbocycles. The number of anilines is 1. The lowest BCUT2D eigenvalue weighted by Crippen LogP contribution is -2.20. The molecule has 0 spiro atoms. The van der Waals surface area contributed by atoms with Crippen molar-refractivity contribution in [1.29, 1.82) is 0 Å². The van der Waals surface area contributed by atoms with Gasteiger partial charge in [0.15, 0.2) is 0 Å². The minimum absolute atomic E-state index is 0.484. The van der Waals surface area contributed by atoms with E-state index in [9.17, 15) is 5.11 Å². The Morgan fingerprint density at radius 2 is 2.25 bits per heavy atom. The maximum absolute atomic E-state index is 9.37. The highest BCUT2D eigenvalue weighted by atomic mass is 16.3. The number of aliphatic hydroxyl groups is 1. The van der Waals surface area contributed by atoms with E-state index in [0.29, 0.717) is 0 Å². The lowest BCUT2D eigenvalue weighted by atomic mass is 10.2. The molecule has 0 amide bonds. The molecule has 0 radical (unpaired) electrons. The van der Waals surface area contributed by atoms with Crippen LogP contribution in [0.4, 0.5) is 5.69 Å². The van der Waals surface area contributed by atoms with Crippen LogP contribution >= 0.6 is 0 Å². The van der Waals surface area contributed by atoms with E-state index in [1.54, 1.807) is 6.92 Å². The Morgan fingerprint density at radius 1 is 1.56 bits per heavy atom. The molecule has 2 unspecified atom stereocenters. The number of hydrogen-bond donors (Lipinski definition) is 1. The minimum atomic E-state index is -0.484. The van der Waals surface area contributed by atoms with Crippen LogP contribution in [0.3, 0.4) is 0 Å². The van der Waals surface area contributed by atoms with Crippen molar-refractivity contribution in [2.75, 3.05) is 18.5 Å². The van der Waals surface area contributed by atoms with Gasteiger partial charge in [0, 0.05) is 13.6 Å². The molecule has 1 saturated carbocycles. The van der Waals surface area contributed by atoms with E-state index in [1.807, 2.05) is 18.3 Å². The zero-order valence-corrected chi connectivity index (χ0v) is 10.2. The first kappa shape index (κ1) is 11.4. The third-order valence-corrected chi connectivity index (χ3v) is 3.42. The summed E-state index contributed by atoms with van der Waals surface area (Å²) in [4.78, 5) is 6.50. The fraction of sp³-hybridized carbons (Fsp3) is 0.615. The quantitative estimate of drug-likeness (QED) is 0.845. The van der Waals surface area contributed by atoms with E-state index in [2.05, 4.69) is 23.9 Å². The predicted molar refractivity (Wildman–Crippen MR) is 65.4 cm³/mol. The van der Waals surface area contributed by atoms with E-state index < -0.39 is 6.10 Å². The number of nitrogens with zero attached hydrogens (tertiary/aromatic N) is 2. The Balaban J connectivity index is 1.97. The third kappa shape index (κ3) is 2.53. The maximum atomic E-state index is 9.37. The highest BCUT2D eigenvalue weighted by Gasteiger charge is 2.33. The van der Waals surface area contributed by atoms with E-state index in [4.69, 9.17) is 0 Å². The molecule has 1 aliphatic rings. The van der Waals surface area contributed by atoms with Gasteiger partial charge in [0.25, 0.3) is 0 Å². The molecule has 2 rings (SSSR count). The fourth-order valence-corrected chi connectivity index (χ4v) is 1.98. The number of hydrogen-bond acceptors (Lipinski definition) is 3. The number of aromatic nitrogens is 1. The number of rotatable bonds is 4. The molecule has 1 N–H and O–H groups in total. The van der Waals surface area contributed by atoms with Crippen LogP contribution < -0.4 is 4.90 Å². The van der Waals surface area contributed by atoms with Gasteiger partial charge >= 0.3 is 0 Å². The number of aliphatic hydroxyl groups excluding tert-OH is 1. The molecule has 0 aromatic carbocycles. The van der Waals surface area contributed by atoms with Crippen molar-refractivity contribution in [2.45, 2.75) is 26.4 Å². The third-order valence-electron chi connectivity index (χ3n) is 3.42. The van der Waals surface area contributed by atoms with Gasteiger partial charge in [-0.25, -0.2) is 0 Å². The molecule has 88 valence electrons. The highest BCUT2D eigenvalue weighted by molar-refractivity contribution is 5.44. The monoisotopic (exact) mass is 220 g/mol. The summed E-state index contributed by atoms with van der Waals surface area (Å²) < 4.78 is 0. The SMILES string of the molecule is CC1CC1CN(C)c1ccc([C@H](C)O)nc1. The second kappa shape index (κ2) is 4.42. The average molecular weight is 220 g/mol. The Morgan fingerprint density at radius 3 is 2.69 bits per heavy atom. The van der Waals surface area contributed by atoms with Crippen LogP contribution in [0.2, 0.25) is 0 Å². The zero-order chi connectivity index (χ0) is 11.7. The smallest absolute Gasteiger partial charge is 0.0931 e. The van der Waals surface area contributed by atoms with Crippen molar-refractivity contribution in [3.63, 3.8) is 0 Å². The molecule has 1 aromatic heterocycles. The van der Waals surface area contributed by atoms with Crippen molar-refractivity contribution >= 4 is 5.69 Å². The van der Waals surface area contributed by atoms with Crippen LogP contribution in [0.15, 0.2) is 18.3 Å². The highest BCUT2D eigenvalue weighted by Crippen LogP contribution is 2.38. The van der Waals surface area contributed by atoms with Gasteiger partial charge in [0.2, 0.25) is 0 Å². The standard InChI is InChI=1S/C13H20N2O/c1-9-6-11(9)8-15(3)12-4-5-13(10(2)16)14-7-12/h4-5,7,9-11,16H,6,8H2,1-3H3/t9?,10-,11?/m0/s1. The van der Waals surface area contributed by atoms with Gasteiger partial charge in [-0.15, -0.1) is 0 Å². The molecule has 3 atom stereocenters. The molecule has 0 saturated heterocycles. The summed E-state index contributed by atoms with van der Waals surface area (Å²) in [6, 6.07) is 3.93. The molecular weight excluding hydrogens is 200 g/mol. The van der Waals surface area contributed by atoms with Gasteiger partial charge in [-0.3, -0.25) is 4.98 Å². The molecular formula is C13H20N2O. The molecule has 1 aromatic rings. The Kier molecular flexibility index (Phi) is 3.15. The Labute approximate surface area is 97.1 Å². The van der Waals surface area contributed by atoms with Crippen molar-refractivity contribution in [3.05, 3.63) is 24.0 Å². The molecule has 1 fully saturated rings. The van der Waals surface area contributed by atoms with Crippen molar-refractivity contribution in [2.24, 2.45) is 11.8 Å². The van der Waals surface area contributed by atoms with E-state index in [1.165, 1.54) is 6.42 Å². The summed E-state index contributed by atoms with van der Waals surface area (Å²) >= 11 is 0. The van der Waals surface area contributed by atoms with Crippen LogP contribution in [0, 0.1) is 11.8 Å². The topological polar surface area (TPSA) is 36.4 Å². The summed E-state index contributed by atoms with van der Waals surface area (Å²) in [6.45, 7) is 5.14. The minimum Gasteiger partial charge on any atom is -0.387 e. The molecule has 0 aliphatic heterocycles. The van der Waals surface area contributed by atoms with Gasteiger partial charge in [-0.05, 0) is 37.3 Å².